The van der Waals surface area contributed by atoms with Gasteiger partial charge < -0.3 is 5.73 Å². The number of aryl methyl sites for hydroxylation is 1. The Morgan fingerprint density at radius 3 is 2.64 bits per heavy atom. The van der Waals surface area contributed by atoms with Crippen LogP contribution in [0, 0.1) is 6.92 Å². The van der Waals surface area contributed by atoms with Crippen LogP contribution in [0.2, 0.25) is 0 Å². The number of hydrogen-bond acceptors (Lipinski definition) is 3. The van der Waals surface area contributed by atoms with Crippen LogP contribution in [0.3, 0.4) is 0 Å². The van der Waals surface area contributed by atoms with Gasteiger partial charge in [-0.05, 0) is 19.1 Å². The Labute approximate surface area is 82.4 Å². The predicted octanol–water partition coefficient (Wildman–Crippen LogP) is 1.37. The first kappa shape index (κ1) is 8.74. The second kappa shape index (κ2) is 3.14. The van der Waals surface area contributed by atoms with Crippen molar-refractivity contribution in [1.29, 1.82) is 0 Å². The highest BCUT2D eigenvalue weighted by molar-refractivity contribution is 5.73. The summed E-state index contributed by atoms with van der Waals surface area (Å²) in [6.07, 6.45) is 1.75. The fourth-order valence-electron chi connectivity index (χ4n) is 1.46. The van der Waals surface area contributed by atoms with Crippen LogP contribution in [0.1, 0.15) is 5.69 Å². The van der Waals surface area contributed by atoms with E-state index in [9.17, 15) is 0 Å². The number of anilines is 1. The molecule has 4 heteroatoms. The van der Waals surface area contributed by atoms with Gasteiger partial charge in [-0.25, -0.2) is 0 Å². The third-order valence-corrected chi connectivity index (χ3v) is 2.28. The van der Waals surface area contributed by atoms with E-state index in [0.29, 0.717) is 5.82 Å². The van der Waals surface area contributed by atoms with Gasteiger partial charge >= 0.3 is 0 Å². The van der Waals surface area contributed by atoms with Gasteiger partial charge in [-0.15, -0.1) is 0 Å². The highest BCUT2D eigenvalue weighted by Gasteiger charge is 2.12. The van der Waals surface area contributed by atoms with E-state index in [2.05, 4.69) is 10.1 Å². The first-order chi connectivity index (χ1) is 6.70. The van der Waals surface area contributed by atoms with Crippen LogP contribution in [0.5, 0.6) is 0 Å². The smallest absolute Gasteiger partial charge is 0.155 e. The van der Waals surface area contributed by atoms with Crippen LogP contribution >= 0.6 is 0 Å². The van der Waals surface area contributed by atoms with Crippen molar-refractivity contribution in [2.45, 2.75) is 6.92 Å². The second-order valence-corrected chi connectivity index (χ2v) is 3.18. The molecular formula is C10H12N4. The molecule has 4 nitrogen and oxygen atoms in total. The van der Waals surface area contributed by atoms with Gasteiger partial charge in [-0.1, -0.05) is 6.07 Å². The Balaban J connectivity index is 2.62. The topological polar surface area (TPSA) is 56.7 Å². The van der Waals surface area contributed by atoms with Gasteiger partial charge in [0, 0.05) is 18.9 Å². The fraction of sp³-hybridized carbons (Fsp3) is 0.200. The number of nitrogens with zero attached hydrogens (tertiary/aromatic N) is 3. The quantitative estimate of drug-likeness (QED) is 0.735. The summed E-state index contributed by atoms with van der Waals surface area (Å²) < 4.78 is 1.76. The number of rotatable bonds is 1. The molecule has 0 saturated heterocycles. The molecule has 2 aromatic heterocycles. The molecule has 0 radical (unpaired) electrons. The maximum atomic E-state index is 5.80. The van der Waals surface area contributed by atoms with Gasteiger partial charge in [0.05, 0.1) is 11.3 Å². The predicted molar refractivity (Wildman–Crippen MR) is 55.6 cm³/mol. The van der Waals surface area contributed by atoms with Crippen LogP contribution in [-0.2, 0) is 7.05 Å². The van der Waals surface area contributed by atoms with Crippen LogP contribution < -0.4 is 5.73 Å². The van der Waals surface area contributed by atoms with Crippen molar-refractivity contribution in [3.05, 3.63) is 30.1 Å². The van der Waals surface area contributed by atoms with E-state index in [-0.39, 0.29) is 0 Å². The standard InChI is InChI=1S/C10H12N4/c1-7-9(10(11)13-14(7)2)8-5-3-4-6-12-8/h3-6H,1-2H3,(H2,11,13). The molecule has 0 amide bonds. The highest BCUT2D eigenvalue weighted by atomic mass is 15.3. The van der Waals surface area contributed by atoms with Crippen molar-refractivity contribution in [3.8, 4) is 11.3 Å². The summed E-state index contributed by atoms with van der Waals surface area (Å²) in [5.41, 5.74) is 8.63. The molecule has 14 heavy (non-hydrogen) atoms. The van der Waals surface area contributed by atoms with Crippen molar-refractivity contribution >= 4 is 5.82 Å². The molecular weight excluding hydrogens is 176 g/mol. The minimum atomic E-state index is 0.531. The first-order valence-electron chi connectivity index (χ1n) is 4.40. The molecule has 0 aliphatic carbocycles. The van der Waals surface area contributed by atoms with Crippen molar-refractivity contribution in [2.24, 2.45) is 7.05 Å². The van der Waals surface area contributed by atoms with Crippen molar-refractivity contribution in [3.63, 3.8) is 0 Å². The molecule has 2 heterocycles. The van der Waals surface area contributed by atoms with Gasteiger partial charge in [0.1, 0.15) is 0 Å². The van der Waals surface area contributed by atoms with E-state index >= 15 is 0 Å². The molecule has 0 aliphatic heterocycles. The van der Waals surface area contributed by atoms with E-state index in [1.165, 1.54) is 0 Å². The SMILES string of the molecule is Cc1c(-c2ccccn2)c(N)nn1C. The summed E-state index contributed by atoms with van der Waals surface area (Å²) in [7, 11) is 1.87. The van der Waals surface area contributed by atoms with Crippen molar-refractivity contribution in [2.75, 3.05) is 5.73 Å². The zero-order chi connectivity index (χ0) is 10.1. The van der Waals surface area contributed by atoms with Gasteiger partial charge in [0.2, 0.25) is 0 Å². The minimum Gasteiger partial charge on any atom is -0.382 e. The van der Waals surface area contributed by atoms with E-state index in [1.54, 1.807) is 10.9 Å². The fourth-order valence-corrected chi connectivity index (χ4v) is 1.46. The molecule has 0 aromatic carbocycles. The summed E-state index contributed by atoms with van der Waals surface area (Å²) in [6.45, 7) is 1.98. The Morgan fingerprint density at radius 2 is 2.14 bits per heavy atom. The molecule has 0 bridgehead atoms. The van der Waals surface area contributed by atoms with E-state index in [4.69, 9.17) is 5.73 Å². The molecule has 0 atom stereocenters. The molecule has 0 spiro atoms. The molecule has 2 aromatic rings. The lowest BCUT2D eigenvalue weighted by Gasteiger charge is -1.99. The Bertz CT molecular complexity index is 445. The summed E-state index contributed by atoms with van der Waals surface area (Å²) in [5, 5.41) is 4.14. The number of nitrogen functional groups attached to an aromatic ring is 1. The molecule has 2 rings (SSSR count). The summed E-state index contributed by atoms with van der Waals surface area (Å²) in [4.78, 5) is 4.25. The van der Waals surface area contributed by atoms with Gasteiger partial charge in [0.15, 0.2) is 5.82 Å². The number of aromatic nitrogens is 3. The van der Waals surface area contributed by atoms with Crippen molar-refractivity contribution < 1.29 is 0 Å². The minimum absolute atomic E-state index is 0.531. The zero-order valence-electron chi connectivity index (χ0n) is 8.23. The maximum absolute atomic E-state index is 5.80. The molecule has 0 aliphatic rings. The molecule has 0 unspecified atom stereocenters. The Morgan fingerprint density at radius 1 is 1.36 bits per heavy atom. The van der Waals surface area contributed by atoms with Crippen LogP contribution in [0.4, 0.5) is 5.82 Å². The van der Waals surface area contributed by atoms with Crippen LogP contribution in [-0.4, -0.2) is 14.8 Å². The van der Waals surface area contributed by atoms with E-state index in [0.717, 1.165) is 17.0 Å². The zero-order valence-corrected chi connectivity index (χ0v) is 8.23. The average molecular weight is 188 g/mol. The largest absolute Gasteiger partial charge is 0.382 e. The number of pyridine rings is 1. The van der Waals surface area contributed by atoms with Gasteiger partial charge in [0.25, 0.3) is 0 Å². The van der Waals surface area contributed by atoms with Crippen LogP contribution in [0.15, 0.2) is 24.4 Å². The average Bonchev–Trinajstić information content (AvgIpc) is 2.43. The molecule has 72 valence electrons. The monoisotopic (exact) mass is 188 g/mol. The lowest BCUT2D eigenvalue weighted by Crippen LogP contribution is -1.93. The lowest BCUT2D eigenvalue weighted by atomic mass is 10.1. The summed E-state index contributed by atoms with van der Waals surface area (Å²) in [5.74, 6) is 0.531. The Hall–Kier alpha value is -1.84. The molecule has 0 saturated carbocycles. The third-order valence-electron chi connectivity index (χ3n) is 2.28. The van der Waals surface area contributed by atoms with E-state index < -0.39 is 0 Å². The molecule has 2 N–H and O–H groups in total. The maximum Gasteiger partial charge on any atom is 0.155 e. The van der Waals surface area contributed by atoms with Crippen molar-refractivity contribution in [1.82, 2.24) is 14.8 Å². The summed E-state index contributed by atoms with van der Waals surface area (Å²) >= 11 is 0. The number of hydrogen-bond donors (Lipinski definition) is 1. The number of nitrogens with two attached hydrogens (primary N) is 1. The normalized spacial score (nSPS) is 10.4. The van der Waals surface area contributed by atoms with E-state index in [1.807, 2.05) is 32.2 Å². The molecule has 0 fully saturated rings. The lowest BCUT2D eigenvalue weighted by molar-refractivity contribution is 0.744. The second-order valence-electron chi connectivity index (χ2n) is 3.18. The van der Waals surface area contributed by atoms with Crippen LogP contribution in [0.25, 0.3) is 11.3 Å². The first-order valence-corrected chi connectivity index (χ1v) is 4.40. The Kier molecular flexibility index (Phi) is 1.96. The highest BCUT2D eigenvalue weighted by Crippen LogP contribution is 2.26. The van der Waals surface area contributed by atoms with Gasteiger partial charge in [-0.3, -0.25) is 9.67 Å². The third kappa shape index (κ3) is 1.25. The summed E-state index contributed by atoms with van der Waals surface area (Å²) in [6, 6.07) is 5.75. The van der Waals surface area contributed by atoms with Gasteiger partial charge in [-0.2, -0.15) is 5.10 Å².